The van der Waals surface area contributed by atoms with E-state index in [1.54, 1.807) is 0 Å². The van der Waals surface area contributed by atoms with Crippen molar-refractivity contribution in [3.8, 4) is 0 Å². The minimum absolute atomic E-state index is 0.616. The van der Waals surface area contributed by atoms with E-state index in [0.717, 1.165) is 3.67 Å². The first-order valence-corrected chi connectivity index (χ1v) is 9.66. The van der Waals surface area contributed by atoms with E-state index < -0.39 is 0 Å². The van der Waals surface area contributed by atoms with Crippen LogP contribution in [0.2, 0.25) is 3.67 Å². The van der Waals surface area contributed by atoms with Crippen molar-refractivity contribution in [2.24, 2.45) is 0 Å². The molecule has 101 valence electrons. The fraction of sp³-hybridized carbons (Fsp3) is 0.200. The molecular formula is C20H17Hf. The molecule has 21 heavy (non-hydrogen) atoms. The summed E-state index contributed by atoms with van der Waals surface area (Å²) in [5.41, 5.74) is 5.89. The van der Waals surface area contributed by atoms with E-state index in [-0.39, 0.29) is 0 Å². The van der Waals surface area contributed by atoms with Crippen LogP contribution in [0.3, 0.4) is 0 Å². The quantitative estimate of drug-likeness (QED) is 0.571. The molecule has 2 aliphatic rings. The zero-order valence-electron chi connectivity index (χ0n) is 11.9. The fourth-order valence-corrected chi connectivity index (χ4v) is 5.53. The SMILES string of the molecule is [Hf][CH](CC1C=Cc2ccccc21)C1C=Cc2ccccc21. The Labute approximate surface area is 141 Å². The van der Waals surface area contributed by atoms with E-state index in [4.69, 9.17) is 0 Å². The van der Waals surface area contributed by atoms with Gasteiger partial charge < -0.3 is 0 Å². The summed E-state index contributed by atoms with van der Waals surface area (Å²) in [4.78, 5) is 0. The van der Waals surface area contributed by atoms with Gasteiger partial charge in [-0.3, -0.25) is 0 Å². The van der Waals surface area contributed by atoms with Gasteiger partial charge in [-0.15, -0.1) is 0 Å². The molecular weight excluding hydrogens is 419 g/mol. The van der Waals surface area contributed by atoms with Gasteiger partial charge in [0.05, 0.1) is 0 Å². The number of benzene rings is 2. The first-order chi connectivity index (χ1) is 10.3. The summed E-state index contributed by atoms with van der Waals surface area (Å²) in [6.07, 6.45) is 10.7. The Balaban J connectivity index is 1.55. The Morgan fingerprint density at radius 3 is 2.24 bits per heavy atom. The monoisotopic (exact) mass is 437 g/mol. The minimum atomic E-state index is 0.616. The van der Waals surface area contributed by atoms with Crippen molar-refractivity contribution in [3.05, 3.63) is 82.9 Å². The maximum absolute atomic E-state index is 2.42. The number of allylic oxidation sites excluding steroid dienone is 2. The Bertz CT molecular complexity index is 726. The van der Waals surface area contributed by atoms with Crippen LogP contribution in [0.4, 0.5) is 0 Å². The van der Waals surface area contributed by atoms with Crippen LogP contribution < -0.4 is 0 Å². The van der Waals surface area contributed by atoms with Gasteiger partial charge in [-0.2, -0.15) is 0 Å². The van der Waals surface area contributed by atoms with Crippen LogP contribution in [-0.4, -0.2) is 0 Å². The third-order valence-corrected chi connectivity index (χ3v) is 6.82. The van der Waals surface area contributed by atoms with Gasteiger partial charge in [-0.25, -0.2) is 0 Å². The molecule has 0 spiro atoms. The summed E-state index contributed by atoms with van der Waals surface area (Å²) < 4.78 is 0.797. The van der Waals surface area contributed by atoms with Gasteiger partial charge in [-0.05, 0) is 0 Å². The van der Waals surface area contributed by atoms with Gasteiger partial charge in [0.2, 0.25) is 0 Å². The average Bonchev–Trinajstić information content (AvgIpc) is 3.12. The molecule has 0 fully saturated rings. The third kappa shape index (κ3) is 2.42. The average molecular weight is 436 g/mol. The van der Waals surface area contributed by atoms with Gasteiger partial charge in [-0.1, -0.05) is 0 Å². The van der Waals surface area contributed by atoms with Crippen LogP contribution in [0.1, 0.15) is 40.5 Å². The van der Waals surface area contributed by atoms with Crippen molar-refractivity contribution in [3.63, 3.8) is 0 Å². The topological polar surface area (TPSA) is 0 Å². The van der Waals surface area contributed by atoms with Crippen molar-refractivity contribution in [2.45, 2.75) is 21.9 Å². The second kappa shape index (κ2) is 5.53. The van der Waals surface area contributed by atoms with Crippen LogP contribution in [0.25, 0.3) is 12.2 Å². The fourth-order valence-electron chi connectivity index (χ4n) is 3.58. The molecule has 0 heterocycles. The molecule has 0 nitrogen and oxygen atoms in total. The summed E-state index contributed by atoms with van der Waals surface area (Å²) in [5, 5.41) is 0. The van der Waals surface area contributed by atoms with E-state index in [0.29, 0.717) is 11.8 Å². The van der Waals surface area contributed by atoms with E-state index in [1.807, 2.05) is 0 Å². The van der Waals surface area contributed by atoms with Crippen LogP contribution in [-0.2, 0) is 24.4 Å². The zero-order valence-corrected chi connectivity index (χ0v) is 15.5. The van der Waals surface area contributed by atoms with Crippen molar-refractivity contribution < 1.29 is 24.4 Å². The Morgan fingerprint density at radius 2 is 1.43 bits per heavy atom. The summed E-state index contributed by atoms with van der Waals surface area (Å²) >= 11 is 1.24. The molecule has 3 unspecified atom stereocenters. The number of rotatable bonds is 3. The normalized spacial score (nSPS) is 23.0. The molecule has 0 aromatic heterocycles. The Kier molecular flexibility index (Phi) is 3.54. The molecule has 0 saturated heterocycles. The molecule has 0 N–H and O–H groups in total. The second-order valence-electron chi connectivity index (χ2n) is 5.95. The summed E-state index contributed by atoms with van der Waals surface area (Å²) in [6, 6.07) is 17.7. The third-order valence-electron chi connectivity index (χ3n) is 4.68. The van der Waals surface area contributed by atoms with Crippen LogP contribution in [0, 0.1) is 0 Å². The Hall–Kier alpha value is -1.21. The van der Waals surface area contributed by atoms with Crippen LogP contribution in [0.15, 0.2) is 60.7 Å². The number of hydrogen-bond acceptors (Lipinski definition) is 0. The van der Waals surface area contributed by atoms with Gasteiger partial charge in [0, 0.05) is 0 Å². The van der Waals surface area contributed by atoms with Crippen molar-refractivity contribution in [2.75, 3.05) is 0 Å². The van der Waals surface area contributed by atoms with Gasteiger partial charge in [0.1, 0.15) is 0 Å². The maximum atomic E-state index is 2.42. The molecule has 1 heteroatoms. The summed E-state index contributed by atoms with van der Waals surface area (Å²) in [7, 11) is 0. The number of fused-ring (bicyclic) bond motifs is 2. The predicted octanol–water partition coefficient (Wildman–Crippen LogP) is 5.33. The molecule has 0 saturated carbocycles. The molecule has 0 aliphatic heterocycles. The van der Waals surface area contributed by atoms with Gasteiger partial charge in [0.15, 0.2) is 0 Å². The van der Waals surface area contributed by atoms with Crippen molar-refractivity contribution in [1.82, 2.24) is 0 Å². The molecule has 4 rings (SSSR count). The van der Waals surface area contributed by atoms with Crippen LogP contribution >= 0.6 is 0 Å². The van der Waals surface area contributed by atoms with E-state index in [9.17, 15) is 0 Å². The molecule has 3 atom stereocenters. The summed E-state index contributed by atoms with van der Waals surface area (Å²) in [6.45, 7) is 0. The second-order valence-corrected chi connectivity index (χ2v) is 8.61. The standard InChI is InChI=1S/C20H17.Hf/c1-3-7-19-15(5-1)9-11-17(19)13-14-18-12-10-16-6-2-4-8-20(16)18;/h1-13,17-18H,14H2;. The van der Waals surface area contributed by atoms with E-state index >= 15 is 0 Å². The van der Waals surface area contributed by atoms with Crippen molar-refractivity contribution >= 4 is 12.2 Å². The molecule has 2 aromatic carbocycles. The predicted molar refractivity (Wildman–Crippen MR) is 84.8 cm³/mol. The Morgan fingerprint density at radius 1 is 0.810 bits per heavy atom. The van der Waals surface area contributed by atoms with Crippen molar-refractivity contribution in [1.29, 1.82) is 0 Å². The van der Waals surface area contributed by atoms with E-state index in [1.165, 1.54) is 53.0 Å². The molecule has 0 amide bonds. The first kappa shape index (κ1) is 13.5. The van der Waals surface area contributed by atoms with E-state index in [2.05, 4.69) is 72.8 Å². The van der Waals surface area contributed by atoms with Crippen LogP contribution in [0.5, 0.6) is 0 Å². The van der Waals surface area contributed by atoms with Gasteiger partial charge >= 0.3 is 141 Å². The van der Waals surface area contributed by atoms with Gasteiger partial charge in [0.25, 0.3) is 0 Å². The zero-order chi connectivity index (χ0) is 14.2. The first-order valence-electron chi connectivity index (χ1n) is 7.58. The molecule has 2 aliphatic carbocycles. The summed E-state index contributed by atoms with van der Waals surface area (Å²) in [5.74, 6) is 1.25. The molecule has 0 radical (unpaired) electrons. The molecule has 2 aromatic rings. The number of hydrogen-bond donors (Lipinski definition) is 0. The molecule has 0 bridgehead atoms.